The third-order valence-corrected chi connectivity index (χ3v) is 4.75. The molecule has 0 amide bonds. The minimum atomic E-state index is -0.522. The van der Waals surface area contributed by atoms with Gasteiger partial charge in [0.25, 0.3) is 0 Å². The van der Waals surface area contributed by atoms with Crippen LogP contribution < -0.4 is 10.6 Å². The number of nitrogens with zero attached hydrogens (tertiary/aromatic N) is 1. The van der Waals surface area contributed by atoms with E-state index >= 15 is 0 Å². The molecule has 2 rings (SSSR count). The molecule has 2 aromatic rings. The predicted octanol–water partition coefficient (Wildman–Crippen LogP) is 3.91. The molecule has 128 valence electrons. The SMILES string of the molecule is CCCCCNC(=NC)NCC(O)c1cc2ccccc2s1.I. The molecule has 3 N–H and O–H groups in total. The second kappa shape index (κ2) is 10.8. The Labute approximate surface area is 159 Å². The molecule has 6 heteroatoms. The lowest BCUT2D eigenvalue weighted by atomic mass is 10.2. The normalized spacial score (nSPS) is 12.7. The number of unbranched alkanes of at least 4 members (excludes halogenated alkanes) is 2. The average molecular weight is 447 g/mol. The number of benzene rings is 1. The smallest absolute Gasteiger partial charge is 0.191 e. The van der Waals surface area contributed by atoms with Gasteiger partial charge in [-0.25, -0.2) is 0 Å². The first-order valence-corrected chi connectivity index (χ1v) is 8.67. The van der Waals surface area contributed by atoms with E-state index in [1.54, 1.807) is 18.4 Å². The topological polar surface area (TPSA) is 56.7 Å². The van der Waals surface area contributed by atoms with Crippen LogP contribution >= 0.6 is 35.3 Å². The Bertz CT molecular complexity index is 582. The van der Waals surface area contributed by atoms with Crippen molar-refractivity contribution in [1.82, 2.24) is 10.6 Å². The fourth-order valence-electron chi connectivity index (χ4n) is 2.26. The molecule has 0 saturated carbocycles. The van der Waals surface area contributed by atoms with Crippen molar-refractivity contribution in [2.24, 2.45) is 4.99 Å². The lowest BCUT2D eigenvalue weighted by Crippen LogP contribution is -2.39. The van der Waals surface area contributed by atoms with Crippen LogP contribution in [0, 0.1) is 0 Å². The van der Waals surface area contributed by atoms with Crippen molar-refractivity contribution in [3.63, 3.8) is 0 Å². The molecule has 1 aromatic heterocycles. The Morgan fingerprint density at radius 2 is 2.04 bits per heavy atom. The van der Waals surface area contributed by atoms with Crippen molar-refractivity contribution < 1.29 is 5.11 Å². The third kappa shape index (κ3) is 6.27. The summed E-state index contributed by atoms with van der Waals surface area (Å²) < 4.78 is 1.21. The fraction of sp³-hybridized carbons (Fsp3) is 0.471. The van der Waals surface area contributed by atoms with Crippen LogP contribution in [0.15, 0.2) is 35.3 Å². The Balaban J connectivity index is 0.00000264. The van der Waals surface area contributed by atoms with Crippen LogP contribution in [0.2, 0.25) is 0 Å². The van der Waals surface area contributed by atoms with Gasteiger partial charge in [0.15, 0.2) is 5.96 Å². The Morgan fingerprint density at radius 1 is 1.26 bits per heavy atom. The zero-order valence-corrected chi connectivity index (χ0v) is 16.9. The molecule has 0 aliphatic heterocycles. The molecular weight excluding hydrogens is 421 g/mol. The molecule has 4 nitrogen and oxygen atoms in total. The van der Waals surface area contributed by atoms with E-state index in [1.807, 2.05) is 12.1 Å². The lowest BCUT2D eigenvalue weighted by Gasteiger charge is -2.14. The molecule has 0 spiro atoms. The average Bonchev–Trinajstić information content (AvgIpc) is 2.98. The van der Waals surface area contributed by atoms with Gasteiger partial charge in [-0.2, -0.15) is 0 Å². The molecule has 0 radical (unpaired) electrons. The number of thiophene rings is 1. The van der Waals surface area contributed by atoms with Crippen molar-refractivity contribution in [2.75, 3.05) is 20.1 Å². The molecule has 1 heterocycles. The summed E-state index contributed by atoms with van der Waals surface area (Å²) in [7, 11) is 1.75. The molecule has 1 atom stereocenters. The molecule has 23 heavy (non-hydrogen) atoms. The van der Waals surface area contributed by atoms with Gasteiger partial charge in [-0.3, -0.25) is 4.99 Å². The zero-order valence-electron chi connectivity index (χ0n) is 13.7. The van der Waals surface area contributed by atoms with Gasteiger partial charge in [-0.1, -0.05) is 38.0 Å². The summed E-state index contributed by atoms with van der Waals surface area (Å²) in [4.78, 5) is 5.16. The summed E-state index contributed by atoms with van der Waals surface area (Å²) in [5.74, 6) is 0.747. The number of fused-ring (bicyclic) bond motifs is 1. The van der Waals surface area contributed by atoms with Crippen LogP contribution in [0.25, 0.3) is 10.1 Å². The highest BCUT2D eigenvalue weighted by Gasteiger charge is 2.11. The van der Waals surface area contributed by atoms with Crippen molar-refractivity contribution in [3.05, 3.63) is 35.2 Å². The van der Waals surface area contributed by atoms with Gasteiger partial charge in [0, 0.05) is 29.7 Å². The number of aliphatic hydroxyl groups excluding tert-OH is 1. The Morgan fingerprint density at radius 3 is 2.74 bits per heavy atom. The van der Waals surface area contributed by atoms with Gasteiger partial charge in [0.05, 0.1) is 0 Å². The lowest BCUT2D eigenvalue weighted by molar-refractivity contribution is 0.184. The quantitative estimate of drug-likeness (QED) is 0.261. The van der Waals surface area contributed by atoms with Crippen LogP contribution in [0.4, 0.5) is 0 Å². The summed E-state index contributed by atoms with van der Waals surface area (Å²) in [6.45, 7) is 3.56. The number of guanidine groups is 1. The van der Waals surface area contributed by atoms with Crippen molar-refractivity contribution in [1.29, 1.82) is 0 Å². The number of hydrogen-bond acceptors (Lipinski definition) is 3. The molecule has 0 bridgehead atoms. The van der Waals surface area contributed by atoms with E-state index in [-0.39, 0.29) is 24.0 Å². The molecule has 0 aliphatic carbocycles. The van der Waals surface area contributed by atoms with E-state index in [2.05, 4.69) is 40.7 Å². The Hall–Kier alpha value is -0.860. The van der Waals surface area contributed by atoms with E-state index in [4.69, 9.17) is 0 Å². The van der Waals surface area contributed by atoms with Crippen molar-refractivity contribution >= 4 is 51.4 Å². The maximum Gasteiger partial charge on any atom is 0.191 e. The van der Waals surface area contributed by atoms with E-state index < -0.39 is 6.10 Å². The van der Waals surface area contributed by atoms with Gasteiger partial charge in [-0.05, 0) is 23.9 Å². The van der Waals surface area contributed by atoms with E-state index in [0.717, 1.165) is 23.8 Å². The second-order valence-corrected chi connectivity index (χ2v) is 6.40. The maximum absolute atomic E-state index is 10.3. The Kier molecular flexibility index (Phi) is 9.50. The molecular formula is C17H26IN3OS. The molecule has 0 fully saturated rings. The summed E-state index contributed by atoms with van der Waals surface area (Å²) in [5, 5.41) is 18.0. The van der Waals surface area contributed by atoms with E-state index in [9.17, 15) is 5.11 Å². The highest BCUT2D eigenvalue weighted by Crippen LogP contribution is 2.29. The van der Waals surface area contributed by atoms with Gasteiger partial charge in [0.2, 0.25) is 0 Å². The highest BCUT2D eigenvalue weighted by atomic mass is 127. The number of hydrogen-bond donors (Lipinski definition) is 3. The van der Waals surface area contributed by atoms with E-state index in [1.165, 1.54) is 22.9 Å². The summed E-state index contributed by atoms with van der Waals surface area (Å²) in [5.41, 5.74) is 0. The predicted molar refractivity (Wildman–Crippen MR) is 111 cm³/mol. The molecule has 1 aromatic carbocycles. The largest absolute Gasteiger partial charge is 0.386 e. The first-order valence-electron chi connectivity index (χ1n) is 7.85. The highest BCUT2D eigenvalue weighted by molar-refractivity contribution is 14.0. The zero-order chi connectivity index (χ0) is 15.8. The monoisotopic (exact) mass is 447 g/mol. The standard InChI is InChI=1S/C17H25N3OS.HI/c1-3-4-7-10-19-17(18-2)20-12-14(21)16-11-13-8-5-6-9-15(13)22-16;/h5-6,8-9,11,14,21H,3-4,7,10,12H2,1-2H3,(H2,18,19,20);1H. The second-order valence-electron chi connectivity index (χ2n) is 5.29. The summed E-state index contributed by atoms with van der Waals surface area (Å²) >= 11 is 1.64. The van der Waals surface area contributed by atoms with Crippen LogP contribution in [-0.2, 0) is 0 Å². The van der Waals surface area contributed by atoms with Gasteiger partial charge in [0.1, 0.15) is 6.10 Å². The number of halogens is 1. The molecule has 0 aliphatic rings. The van der Waals surface area contributed by atoms with Gasteiger partial charge >= 0.3 is 0 Å². The number of aliphatic imine (C=N–C) groups is 1. The number of aliphatic hydroxyl groups is 1. The maximum atomic E-state index is 10.3. The van der Waals surface area contributed by atoms with Crippen LogP contribution in [-0.4, -0.2) is 31.2 Å². The minimum Gasteiger partial charge on any atom is -0.386 e. The van der Waals surface area contributed by atoms with E-state index in [0.29, 0.717) is 6.54 Å². The number of nitrogens with one attached hydrogen (secondary N) is 2. The van der Waals surface area contributed by atoms with Crippen LogP contribution in [0.1, 0.15) is 37.2 Å². The van der Waals surface area contributed by atoms with Crippen molar-refractivity contribution in [3.8, 4) is 0 Å². The van der Waals surface area contributed by atoms with Gasteiger partial charge < -0.3 is 15.7 Å². The molecule has 1 unspecified atom stereocenters. The number of rotatable bonds is 7. The molecule has 0 saturated heterocycles. The van der Waals surface area contributed by atoms with Crippen LogP contribution in [0.3, 0.4) is 0 Å². The summed E-state index contributed by atoms with van der Waals surface area (Å²) in [6.07, 6.45) is 3.04. The first kappa shape index (κ1) is 20.2. The third-order valence-electron chi connectivity index (χ3n) is 3.53. The van der Waals surface area contributed by atoms with Gasteiger partial charge in [-0.15, -0.1) is 35.3 Å². The van der Waals surface area contributed by atoms with Crippen molar-refractivity contribution in [2.45, 2.75) is 32.3 Å². The fourth-order valence-corrected chi connectivity index (χ4v) is 3.31. The minimum absolute atomic E-state index is 0. The summed E-state index contributed by atoms with van der Waals surface area (Å²) in [6, 6.07) is 10.3. The first-order chi connectivity index (χ1) is 10.7. The van der Waals surface area contributed by atoms with Crippen LogP contribution in [0.5, 0.6) is 0 Å².